The molecule has 3 fully saturated rings. The Hall–Kier alpha value is -0.973. The summed E-state index contributed by atoms with van der Waals surface area (Å²) in [4.78, 5) is 4.36. The number of aromatic nitrogens is 1. The molecule has 4 aliphatic rings. The zero-order valence-corrected chi connectivity index (χ0v) is 23.7. The summed E-state index contributed by atoms with van der Waals surface area (Å²) in [5.74, 6) is 2.03. The second-order valence-electron chi connectivity index (χ2n) is 14.1. The SMILES string of the molecule is CC(C)(C)[Si](C)(C)O[C@H]1CC[C@@]2(C)C(=CCC3C2CC[C@@]2(C)C3CCC2(O)c2cccnc2)C1. The van der Waals surface area contributed by atoms with E-state index in [-0.39, 0.29) is 10.5 Å². The summed E-state index contributed by atoms with van der Waals surface area (Å²) in [5.41, 5.74) is 2.23. The molecule has 5 rings (SSSR count). The van der Waals surface area contributed by atoms with Crippen LogP contribution in [0.3, 0.4) is 0 Å². The first-order valence-corrected chi connectivity index (χ1v) is 16.7. The zero-order chi connectivity index (χ0) is 24.6. The summed E-state index contributed by atoms with van der Waals surface area (Å²) < 4.78 is 6.89. The van der Waals surface area contributed by atoms with Gasteiger partial charge in [0, 0.05) is 29.5 Å². The first-order valence-electron chi connectivity index (χ1n) is 13.8. The molecule has 4 heteroatoms. The Labute approximate surface area is 208 Å². The highest BCUT2D eigenvalue weighted by atomic mass is 28.4. The van der Waals surface area contributed by atoms with Crippen molar-refractivity contribution < 1.29 is 9.53 Å². The van der Waals surface area contributed by atoms with Crippen molar-refractivity contribution in [2.75, 3.05) is 0 Å². The van der Waals surface area contributed by atoms with E-state index in [4.69, 9.17) is 4.43 Å². The van der Waals surface area contributed by atoms with E-state index >= 15 is 0 Å². The maximum atomic E-state index is 12.0. The van der Waals surface area contributed by atoms with Crippen molar-refractivity contribution in [3.05, 3.63) is 41.7 Å². The van der Waals surface area contributed by atoms with Gasteiger partial charge in [-0.25, -0.2) is 0 Å². The van der Waals surface area contributed by atoms with Gasteiger partial charge in [0.25, 0.3) is 0 Å². The van der Waals surface area contributed by atoms with Gasteiger partial charge >= 0.3 is 0 Å². The number of aliphatic hydroxyl groups is 1. The maximum absolute atomic E-state index is 12.0. The smallest absolute Gasteiger partial charge is 0.192 e. The van der Waals surface area contributed by atoms with Crippen LogP contribution in [0.15, 0.2) is 36.2 Å². The van der Waals surface area contributed by atoms with Crippen molar-refractivity contribution in [2.24, 2.45) is 28.6 Å². The summed E-state index contributed by atoms with van der Waals surface area (Å²) in [5, 5.41) is 12.3. The largest absolute Gasteiger partial charge is 0.414 e. The number of hydrogen-bond donors (Lipinski definition) is 1. The van der Waals surface area contributed by atoms with Gasteiger partial charge in [-0.15, -0.1) is 0 Å². The molecule has 188 valence electrons. The molecule has 3 nitrogen and oxygen atoms in total. The fourth-order valence-corrected chi connectivity index (χ4v) is 9.81. The average Bonchev–Trinajstić information content (AvgIpc) is 3.05. The van der Waals surface area contributed by atoms with Crippen LogP contribution in [0.5, 0.6) is 0 Å². The average molecular weight is 482 g/mol. The number of pyridine rings is 1. The Morgan fingerprint density at radius 3 is 2.47 bits per heavy atom. The molecule has 3 saturated carbocycles. The van der Waals surface area contributed by atoms with Crippen LogP contribution in [0.2, 0.25) is 18.1 Å². The minimum Gasteiger partial charge on any atom is -0.414 e. The highest BCUT2D eigenvalue weighted by Crippen LogP contribution is 2.69. The third-order valence-electron chi connectivity index (χ3n) is 11.6. The number of rotatable bonds is 3. The lowest BCUT2D eigenvalue weighted by Crippen LogP contribution is -2.54. The van der Waals surface area contributed by atoms with Gasteiger partial charge in [0.15, 0.2) is 8.32 Å². The van der Waals surface area contributed by atoms with E-state index in [0.717, 1.165) is 37.2 Å². The fraction of sp³-hybridized carbons (Fsp3) is 0.767. The van der Waals surface area contributed by atoms with E-state index < -0.39 is 13.9 Å². The second-order valence-corrected chi connectivity index (χ2v) is 18.9. The molecule has 0 aromatic carbocycles. The summed E-state index contributed by atoms with van der Waals surface area (Å²) in [6.45, 7) is 16.8. The Kier molecular flexibility index (Phi) is 5.82. The van der Waals surface area contributed by atoms with Gasteiger partial charge in [-0.1, -0.05) is 52.3 Å². The lowest BCUT2D eigenvalue weighted by molar-refractivity contribution is -0.129. The number of fused-ring (bicyclic) bond motifs is 5. The Morgan fingerprint density at radius 2 is 1.79 bits per heavy atom. The predicted molar refractivity (Wildman–Crippen MR) is 142 cm³/mol. The predicted octanol–water partition coefficient (Wildman–Crippen LogP) is 7.62. The standard InChI is InChI=1S/C30H47NO2Si/c1-27(2,3)34(6,7)33-23-12-15-28(4)21(19-23)10-11-24-25(28)13-16-29(5)26(24)14-17-30(29,32)22-9-8-18-31-20-22/h8-10,18,20,23-26,32H,11-17,19H2,1-7H3/t23-,24?,25?,26?,28-,29-,30?/m0/s1. The topological polar surface area (TPSA) is 42.4 Å². The minimum absolute atomic E-state index is 0.0540. The minimum atomic E-state index is -1.74. The summed E-state index contributed by atoms with van der Waals surface area (Å²) in [6, 6.07) is 4.08. The van der Waals surface area contributed by atoms with Gasteiger partial charge in [-0.05, 0) is 98.7 Å². The Balaban J connectivity index is 1.38. The third-order valence-corrected chi connectivity index (χ3v) is 16.2. The van der Waals surface area contributed by atoms with Gasteiger partial charge in [-0.3, -0.25) is 4.98 Å². The monoisotopic (exact) mass is 481 g/mol. The zero-order valence-electron chi connectivity index (χ0n) is 22.7. The highest BCUT2D eigenvalue weighted by molar-refractivity contribution is 6.74. The van der Waals surface area contributed by atoms with Crippen molar-refractivity contribution in [2.45, 2.75) is 116 Å². The van der Waals surface area contributed by atoms with Gasteiger partial charge in [-0.2, -0.15) is 0 Å². The summed E-state index contributed by atoms with van der Waals surface area (Å²) >= 11 is 0. The Morgan fingerprint density at radius 1 is 1.06 bits per heavy atom. The molecule has 1 N–H and O–H groups in total. The maximum Gasteiger partial charge on any atom is 0.192 e. The van der Waals surface area contributed by atoms with E-state index in [1.165, 1.54) is 25.7 Å². The van der Waals surface area contributed by atoms with Gasteiger partial charge in [0.05, 0.1) is 5.60 Å². The van der Waals surface area contributed by atoms with Crippen molar-refractivity contribution in [3.8, 4) is 0 Å². The van der Waals surface area contributed by atoms with E-state index in [1.54, 1.807) is 5.57 Å². The van der Waals surface area contributed by atoms with E-state index in [1.807, 2.05) is 18.5 Å². The van der Waals surface area contributed by atoms with Crippen molar-refractivity contribution >= 4 is 8.32 Å². The van der Waals surface area contributed by atoms with Crippen molar-refractivity contribution in [3.63, 3.8) is 0 Å². The Bertz CT molecular complexity index is 952. The molecule has 0 spiro atoms. The lowest BCUT2D eigenvalue weighted by Gasteiger charge is -2.59. The van der Waals surface area contributed by atoms with Crippen LogP contribution in [0, 0.1) is 28.6 Å². The molecule has 0 saturated heterocycles. The number of hydrogen-bond acceptors (Lipinski definition) is 3. The molecule has 1 aromatic rings. The molecule has 1 heterocycles. The van der Waals surface area contributed by atoms with Crippen LogP contribution < -0.4 is 0 Å². The van der Waals surface area contributed by atoms with Crippen LogP contribution in [0.1, 0.15) is 91.5 Å². The van der Waals surface area contributed by atoms with Crippen LogP contribution in [0.25, 0.3) is 0 Å². The molecule has 1 aromatic heterocycles. The molecule has 4 aliphatic carbocycles. The van der Waals surface area contributed by atoms with E-state index in [2.05, 4.69) is 64.8 Å². The molecule has 0 amide bonds. The van der Waals surface area contributed by atoms with E-state index in [9.17, 15) is 5.11 Å². The molecule has 34 heavy (non-hydrogen) atoms. The van der Waals surface area contributed by atoms with Crippen molar-refractivity contribution in [1.82, 2.24) is 4.98 Å². The molecule has 0 radical (unpaired) electrons. The molecule has 0 bridgehead atoms. The molecule has 0 aliphatic heterocycles. The van der Waals surface area contributed by atoms with Crippen LogP contribution >= 0.6 is 0 Å². The summed E-state index contributed by atoms with van der Waals surface area (Å²) in [6.07, 6.45) is 15.9. The fourth-order valence-electron chi connectivity index (χ4n) is 8.42. The third kappa shape index (κ3) is 3.53. The highest BCUT2D eigenvalue weighted by Gasteiger charge is 2.64. The van der Waals surface area contributed by atoms with Crippen LogP contribution in [0.4, 0.5) is 0 Å². The first kappa shape index (κ1) is 24.7. The normalized spacial score (nSPS) is 42.4. The molecule has 4 unspecified atom stereocenters. The quantitative estimate of drug-likeness (QED) is 0.356. The van der Waals surface area contributed by atoms with Crippen molar-refractivity contribution in [1.29, 1.82) is 0 Å². The van der Waals surface area contributed by atoms with Gasteiger partial charge < -0.3 is 9.53 Å². The lowest BCUT2D eigenvalue weighted by atomic mass is 9.46. The summed E-state index contributed by atoms with van der Waals surface area (Å²) in [7, 11) is -1.74. The van der Waals surface area contributed by atoms with Gasteiger partial charge in [0.1, 0.15) is 0 Å². The molecular weight excluding hydrogens is 434 g/mol. The van der Waals surface area contributed by atoms with Crippen LogP contribution in [-0.4, -0.2) is 24.5 Å². The second kappa shape index (κ2) is 8.01. The number of allylic oxidation sites excluding steroid dienone is 1. The first-order chi connectivity index (χ1) is 15.8. The van der Waals surface area contributed by atoms with E-state index in [0.29, 0.717) is 23.4 Å². The number of nitrogens with zero attached hydrogens (tertiary/aromatic N) is 1. The van der Waals surface area contributed by atoms with Crippen LogP contribution in [-0.2, 0) is 10.0 Å². The molecule has 7 atom stereocenters. The molecular formula is C30H47NO2Si. The van der Waals surface area contributed by atoms with Gasteiger partial charge in [0.2, 0.25) is 0 Å².